The Bertz CT molecular complexity index is 738. The maximum Gasteiger partial charge on any atom is 0.272 e. The monoisotopic (exact) mass is 314 g/mol. The molecular weight excluding hydrogens is 292 g/mol. The molecule has 1 N–H and O–H groups in total. The van der Waals surface area contributed by atoms with Crippen LogP contribution in [-0.2, 0) is 24.8 Å². The fourth-order valence-corrected chi connectivity index (χ4v) is 3.17. The Morgan fingerprint density at radius 2 is 2.26 bits per heavy atom. The van der Waals surface area contributed by atoms with Crippen LogP contribution < -0.4 is 5.32 Å². The lowest BCUT2D eigenvalue weighted by Gasteiger charge is -2.26. The van der Waals surface area contributed by atoms with E-state index in [4.69, 9.17) is 4.74 Å². The highest BCUT2D eigenvalue weighted by Gasteiger charge is 2.31. The smallest absolute Gasteiger partial charge is 0.272 e. The molecule has 6 nitrogen and oxygen atoms in total. The SMILES string of the molecule is Cc1cccnc1CNC(=O)c1nn(C)c2c1C[C@@H](C)O[C@H]2C. The highest BCUT2D eigenvalue weighted by molar-refractivity contribution is 5.94. The van der Waals surface area contributed by atoms with Crippen LogP contribution in [0.3, 0.4) is 0 Å². The van der Waals surface area contributed by atoms with Gasteiger partial charge in [0.05, 0.1) is 30.1 Å². The third-order valence-corrected chi connectivity index (χ3v) is 4.26. The fourth-order valence-electron chi connectivity index (χ4n) is 3.17. The zero-order valence-corrected chi connectivity index (χ0v) is 14.0. The molecule has 23 heavy (non-hydrogen) atoms. The third-order valence-electron chi connectivity index (χ3n) is 4.26. The standard InChI is InChI=1S/C17H22N4O2/c1-10-6-5-7-18-14(10)9-19-17(22)15-13-8-11(2)23-12(3)16(13)21(4)20-15/h5-7,11-12H,8-9H2,1-4H3,(H,19,22)/t11-,12+/m1/s1. The van der Waals surface area contributed by atoms with Crippen LogP contribution in [0, 0.1) is 6.92 Å². The van der Waals surface area contributed by atoms with Gasteiger partial charge in [0.25, 0.3) is 5.91 Å². The summed E-state index contributed by atoms with van der Waals surface area (Å²) in [5, 5.41) is 7.35. The predicted octanol–water partition coefficient (Wildman–Crippen LogP) is 2.08. The number of hydrogen-bond donors (Lipinski definition) is 1. The topological polar surface area (TPSA) is 69.0 Å². The quantitative estimate of drug-likeness (QED) is 0.941. The summed E-state index contributed by atoms with van der Waals surface area (Å²) in [6.07, 6.45) is 2.48. The Hall–Kier alpha value is -2.21. The van der Waals surface area contributed by atoms with Crippen molar-refractivity contribution in [2.75, 3.05) is 0 Å². The van der Waals surface area contributed by atoms with Gasteiger partial charge in [0.1, 0.15) is 0 Å². The van der Waals surface area contributed by atoms with Gasteiger partial charge in [0.15, 0.2) is 5.69 Å². The van der Waals surface area contributed by atoms with Crippen LogP contribution >= 0.6 is 0 Å². The summed E-state index contributed by atoms with van der Waals surface area (Å²) in [5.74, 6) is -0.159. The molecule has 6 heteroatoms. The van der Waals surface area contributed by atoms with Gasteiger partial charge in [-0.3, -0.25) is 14.5 Å². The van der Waals surface area contributed by atoms with Gasteiger partial charge in [-0.15, -0.1) is 0 Å². The largest absolute Gasteiger partial charge is 0.369 e. The highest BCUT2D eigenvalue weighted by atomic mass is 16.5. The van der Waals surface area contributed by atoms with Crippen LogP contribution in [0.15, 0.2) is 18.3 Å². The van der Waals surface area contributed by atoms with Crippen molar-refractivity contribution in [3.8, 4) is 0 Å². The zero-order valence-electron chi connectivity index (χ0n) is 14.0. The van der Waals surface area contributed by atoms with Gasteiger partial charge in [-0.1, -0.05) is 6.07 Å². The number of pyridine rings is 1. The lowest BCUT2D eigenvalue weighted by atomic mass is 9.99. The van der Waals surface area contributed by atoms with Crippen molar-refractivity contribution in [3.63, 3.8) is 0 Å². The summed E-state index contributed by atoms with van der Waals surface area (Å²) < 4.78 is 7.59. The lowest BCUT2D eigenvalue weighted by molar-refractivity contribution is -0.00903. The number of nitrogens with zero attached hydrogens (tertiary/aromatic N) is 3. The van der Waals surface area contributed by atoms with Gasteiger partial charge < -0.3 is 10.1 Å². The number of carbonyl (C=O) groups excluding carboxylic acids is 1. The third kappa shape index (κ3) is 2.99. The molecule has 2 aromatic rings. The van der Waals surface area contributed by atoms with E-state index in [1.54, 1.807) is 10.9 Å². The summed E-state index contributed by atoms with van der Waals surface area (Å²) in [7, 11) is 1.86. The number of rotatable bonds is 3. The zero-order chi connectivity index (χ0) is 16.6. The first kappa shape index (κ1) is 15.7. The van der Waals surface area contributed by atoms with Crippen LogP contribution in [0.25, 0.3) is 0 Å². The normalized spacial score (nSPS) is 20.2. The van der Waals surface area contributed by atoms with Crippen molar-refractivity contribution in [2.45, 2.75) is 45.9 Å². The van der Waals surface area contributed by atoms with Gasteiger partial charge in [0, 0.05) is 25.2 Å². The minimum Gasteiger partial charge on any atom is -0.369 e. The van der Waals surface area contributed by atoms with E-state index in [0.29, 0.717) is 18.7 Å². The van der Waals surface area contributed by atoms with Gasteiger partial charge >= 0.3 is 0 Å². The molecule has 3 heterocycles. The van der Waals surface area contributed by atoms with E-state index in [-0.39, 0.29) is 18.1 Å². The first-order valence-electron chi connectivity index (χ1n) is 7.87. The number of nitrogens with one attached hydrogen (secondary N) is 1. The van der Waals surface area contributed by atoms with E-state index in [1.807, 2.05) is 40.0 Å². The van der Waals surface area contributed by atoms with E-state index in [9.17, 15) is 4.79 Å². The Morgan fingerprint density at radius 1 is 1.48 bits per heavy atom. The Kier molecular flexibility index (Phi) is 4.17. The maximum atomic E-state index is 12.6. The highest BCUT2D eigenvalue weighted by Crippen LogP contribution is 2.31. The number of aryl methyl sites for hydroxylation is 2. The number of fused-ring (bicyclic) bond motifs is 1. The van der Waals surface area contributed by atoms with Crippen molar-refractivity contribution in [1.29, 1.82) is 0 Å². The van der Waals surface area contributed by atoms with E-state index in [2.05, 4.69) is 15.4 Å². The fraction of sp³-hybridized carbons (Fsp3) is 0.471. The summed E-state index contributed by atoms with van der Waals surface area (Å²) in [6.45, 7) is 6.40. The van der Waals surface area contributed by atoms with Crippen molar-refractivity contribution >= 4 is 5.91 Å². The molecule has 0 fully saturated rings. The van der Waals surface area contributed by atoms with E-state index in [0.717, 1.165) is 22.5 Å². The van der Waals surface area contributed by atoms with Crippen molar-refractivity contribution in [1.82, 2.24) is 20.1 Å². The minimum absolute atomic E-state index is 0.0502. The average molecular weight is 314 g/mol. The molecule has 0 unspecified atom stereocenters. The van der Waals surface area contributed by atoms with Gasteiger partial charge in [-0.05, 0) is 32.4 Å². The second-order valence-electron chi connectivity index (χ2n) is 6.08. The van der Waals surface area contributed by atoms with Crippen LogP contribution in [0.5, 0.6) is 0 Å². The molecule has 0 spiro atoms. The summed E-state index contributed by atoms with van der Waals surface area (Å²) >= 11 is 0. The summed E-state index contributed by atoms with van der Waals surface area (Å²) in [6, 6.07) is 3.87. The maximum absolute atomic E-state index is 12.6. The second kappa shape index (κ2) is 6.12. The van der Waals surface area contributed by atoms with Crippen LogP contribution in [0.1, 0.15) is 53.0 Å². The Balaban J connectivity index is 1.81. The Morgan fingerprint density at radius 3 is 3.00 bits per heavy atom. The molecule has 0 radical (unpaired) electrons. The molecule has 0 aliphatic carbocycles. The van der Waals surface area contributed by atoms with E-state index >= 15 is 0 Å². The molecule has 1 aliphatic heterocycles. The van der Waals surface area contributed by atoms with Crippen LogP contribution in [-0.4, -0.2) is 26.8 Å². The Labute approximate surface area is 135 Å². The molecule has 0 bridgehead atoms. The van der Waals surface area contributed by atoms with E-state index < -0.39 is 0 Å². The van der Waals surface area contributed by atoms with Crippen LogP contribution in [0.2, 0.25) is 0 Å². The molecule has 0 saturated carbocycles. The van der Waals surface area contributed by atoms with Crippen LogP contribution in [0.4, 0.5) is 0 Å². The van der Waals surface area contributed by atoms with Gasteiger partial charge in [0.2, 0.25) is 0 Å². The number of aromatic nitrogens is 3. The number of carbonyl (C=O) groups is 1. The molecule has 0 aromatic carbocycles. The van der Waals surface area contributed by atoms with Crippen molar-refractivity contribution in [2.24, 2.45) is 7.05 Å². The van der Waals surface area contributed by atoms with E-state index in [1.165, 1.54) is 0 Å². The minimum atomic E-state index is -0.159. The molecule has 1 aliphatic rings. The molecule has 2 aromatic heterocycles. The second-order valence-corrected chi connectivity index (χ2v) is 6.08. The van der Waals surface area contributed by atoms with Crippen molar-refractivity contribution in [3.05, 3.63) is 46.5 Å². The van der Waals surface area contributed by atoms with Gasteiger partial charge in [-0.25, -0.2) is 0 Å². The first-order valence-corrected chi connectivity index (χ1v) is 7.87. The molecule has 2 atom stereocenters. The lowest BCUT2D eigenvalue weighted by Crippen LogP contribution is -2.28. The molecule has 3 rings (SSSR count). The molecular formula is C17H22N4O2. The van der Waals surface area contributed by atoms with Crippen molar-refractivity contribution < 1.29 is 9.53 Å². The molecule has 122 valence electrons. The summed E-state index contributed by atoms with van der Waals surface area (Å²) in [4.78, 5) is 16.9. The number of amides is 1. The van der Waals surface area contributed by atoms with Gasteiger partial charge in [-0.2, -0.15) is 5.10 Å². The molecule has 1 amide bonds. The number of ether oxygens (including phenoxy) is 1. The first-order chi connectivity index (χ1) is 11.0. The average Bonchev–Trinajstić information content (AvgIpc) is 2.83. The number of hydrogen-bond acceptors (Lipinski definition) is 4. The predicted molar refractivity (Wildman–Crippen MR) is 86.0 cm³/mol. The molecule has 0 saturated heterocycles. The summed E-state index contributed by atoms with van der Waals surface area (Å²) in [5.41, 5.74) is 4.41.